The van der Waals surface area contributed by atoms with Gasteiger partial charge in [0.2, 0.25) is 5.91 Å². The Labute approximate surface area is 102 Å². The molecule has 3 nitrogen and oxygen atoms in total. The molecule has 3 heteroatoms. The highest BCUT2D eigenvalue weighted by molar-refractivity contribution is 5.79. The maximum atomic E-state index is 12.0. The maximum Gasteiger partial charge on any atom is 0.224 e. The summed E-state index contributed by atoms with van der Waals surface area (Å²) in [5, 5.41) is 3.10. The van der Waals surface area contributed by atoms with Crippen LogP contribution in [0.25, 0.3) is 0 Å². The second kappa shape index (κ2) is 4.88. The molecule has 92 valence electrons. The molecule has 0 radical (unpaired) electrons. The first-order valence-electron chi connectivity index (χ1n) is 6.23. The Morgan fingerprint density at radius 3 is 2.82 bits per heavy atom. The zero-order valence-electron chi connectivity index (χ0n) is 10.4. The maximum absolute atomic E-state index is 12.0. The molecule has 0 spiro atoms. The van der Waals surface area contributed by atoms with E-state index >= 15 is 0 Å². The van der Waals surface area contributed by atoms with Crippen molar-refractivity contribution in [3.05, 3.63) is 35.4 Å². The number of rotatable bonds is 3. The lowest BCUT2D eigenvalue weighted by molar-refractivity contribution is -0.125. The van der Waals surface area contributed by atoms with Crippen molar-refractivity contribution in [2.45, 2.75) is 38.8 Å². The van der Waals surface area contributed by atoms with Crippen LogP contribution in [0.1, 0.15) is 37.4 Å². The van der Waals surface area contributed by atoms with Gasteiger partial charge in [0.1, 0.15) is 0 Å². The number of nitrogens with one attached hydrogen (secondary N) is 1. The summed E-state index contributed by atoms with van der Waals surface area (Å²) in [5.74, 6) is -0.0792. The summed E-state index contributed by atoms with van der Waals surface area (Å²) in [4.78, 5) is 12.0. The van der Waals surface area contributed by atoms with Crippen molar-refractivity contribution in [1.82, 2.24) is 5.32 Å². The second-order valence-corrected chi connectivity index (χ2v) is 4.95. The van der Waals surface area contributed by atoms with Crippen molar-refractivity contribution in [2.75, 3.05) is 0 Å². The van der Waals surface area contributed by atoms with E-state index in [9.17, 15) is 4.79 Å². The average molecular weight is 232 g/mol. The van der Waals surface area contributed by atoms with Crippen LogP contribution >= 0.6 is 0 Å². The normalized spacial score (nSPS) is 21.7. The summed E-state index contributed by atoms with van der Waals surface area (Å²) in [6, 6.07) is 8.37. The summed E-state index contributed by atoms with van der Waals surface area (Å²) in [7, 11) is 0. The minimum Gasteiger partial charge on any atom is -0.349 e. The Morgan fingerprint density at radius 2 is 2.12 bits per heavy atom. The quantitative estimate of drug-likeness (QED) is 0.834. The van der Waals surface area contributed by atoms with Crippen LogP contribution in [0.15, 0.2) is 24.3 Å². The molecule has 3 N–H and O–H groups in total. The van der Waals surface area contributed by atoms with Crippen LogP contribution in [0.2, 0.25) is 0 Å². The van der Waals surface area contributed by atoms with E-state index < -0.39 is 0 Å². The standard InChI is InChI=1S/C14H20N2O/c1-9(10(2)15)14(17)16-13-8-7-11-5-3-4-6-12(11)13/h3-6,9-10,13H,7-8,15H2,1-2H3,(H,16,17). The minimum absolute atomic E-state index is 0.0571. The van der Waals surface area contributed by atoms with Crippen molar-refractivity contribution in [3.63, 3.8) is 0 Å². The van der Waals surface area contributed by atoms with Crippen molar-refractivity contribution in [1.29, 1.82) is 0 Å². The number of amides is 1. The second-order valence-electron chi connectivity index (χ2n) is 4.95. The van der Waals surface area contributed by atoms with Crippen molar-refractivity contribution >= 4 is 5.91 Å². The molecule has 1 aromatic rings. The first kappa shape index (κ1) is 12.1. The van der Waals surface area contributed by atoms with Gasteiger partial charge in [-0.1, -0.05) is 31.2 Å². The summed E-state index contributed by atoms with van der Waals surface area (Å²) >= 11 is 0. The molecular weight excluding hydrogens is 212 g/mol. The lowest BCUT2D eigenvalue weighted by atomic mass is 10.0. The van der Waals surface area contributed by atoms with Gasteiger partial charge in [0.25, 0.3) is 0 Å². The smallest absolute Gasteiger partial charge is 0.224 e. The van der Waals surface area contributed by atoms with Crippen molar-refractivity contribution in [3.8, 4) is 0 Å². The molecule has 0 fully saturated rings. The summed E-state index contributed by atoms with van der Waals surface area (Å²) in [5.41, 5.74) is 8.36. The van der Waals surface area contributed by atoms with Crippen LogP contribution in [0.4, 0.5) is 0 Å². The Hall–Kier alpha value is -1.35. The molecule has 2 rings (SSSR count). The lowest BCUT2D eigenvalue weighted by Gasteiger charge is -2.19. The number of fused-ring (bicyclic) bond motifs is 1. The van der Waals surface area contributed by atoms with Gasteiger partial charge in [0, 0.05) is 12.0 Å². The van der Waals surface area contributed by atoms with Crippen LogP contribution < -0.4 is 11.1 Å². The van der Waals surface area contributed by atoms with E-state index in [1.165, 1.54) is 11.1 Å². The zero-order valence-corrected chi connectivity index (χ0v) is 10.4. The summed E-state index contributed by atoms with van der Waals surface area (Å²) in [6.45, 7) is 3.74. The molecular formula is C14H20N2O. The number of benzene rings is 1. The molecule has 0 heterocycles. The highest BCUT2D eigenvalue weighted by Gasteiger charge is 2.26. The molecule has 1 amide bonds. The predicted octanol–water partition coefficient (Wildman–Crippen LogP) is 1.77. The monoisotopic (exact) mass is 232 g/mol. The molecule has 0 saturated heterocycles. The van der Waals surface area contributed by atoms with Gasteiger partial charge >= 0.3 is 0 Å². The van der Waals surface area contributed by atoms with Gasteiger partial charge in [-0.3, -0.25) is 4.79 Å². The molecule has 0 aromatic heterocycles. The topological polar surface area (TPSA) is 55.1 Å². The molecule has 3 unspecified atom stereocenters. The van der Waals surface area contributed by atoms with Crippen molar-refractivity contribution in [2.24, 2.45) is 11.7 Å². The van der Waals surface area contributed by atoms with E-state index in [1.807, 2.05) is 26.0 Å². The number of hydrogen-bond donors (Lipinski definition) is 2. The van der Waals surface area contributed by atoms with E-state index in [4.69, 9.17) is 5.73 Å². The van der Waals surface area contributed by atoms with E-state index in [0.29, 0.717) is 0 Å². The van der Waals surface area contributed by atoms with Crippen LogP contribution in [-0.2, 0) is 11.2 Å². The third kappa shape index (κ3) is 2.50. The van der Waals surface area contributed by atoms with Gasteiger partial charge in [0.05, 0.1) is 6.04 Å². The zero-order chi connectivity index (χ0) is 12.4. The number of carbonyl (C=O) groups excluding carboxylic acids is 1. The number of nitrogens with two attached hydrogens (primary N) is 1. The van der Waals surface area contributed by atoms with E-state index in [2.05, 4.69) is 17.4 Å². The van der Waals surface area contributed by atoms with Gasteiger partial charge in [-0.15, -0.1) is 0 Å². The SMILES string of the molecule is CC(N)C(C)C(=O)NC1CCc2ccccc21. The van der Waals surface area contributed by atoms with E-state index in [1.54, 1.807) is 0 Å². The molecule has 1 aromatic carbocycles. The molecule has 3 atom stereocenters. The van der Waals surface area contributed by atoms with Gasteiger partial charge in [-0.25, -0.2) is 0 Å². The van der Waals surface area contributed by atoms with Crippen molar-refractivity contribution < 1.29 is 4.79 Å². The van der Waals surface area contributed by atoms with Gasteiger partial charge < -0.3 is 11.1 Å². The Balaban J connectivity index is 2.05. The number of aryl methyl sites for hydroxylation is 1. The van der Waals surface area contributed by atoms with Gasteiger partial charge in [-0.05, 0) is 30.9 Å². The fourth-order valence-corrected chi connectivity index (χ4v) is 2.25. The first-order chi connectivity index (χ1) is 8.09. The van der Waals surface area contributed by atoms with E-state index in [0.717, 1.165) is 12.8 Å². The molecule has 0 aliphatic heterocycles. The van der Waals surface area contributed by atoms with Gasteiger partial charge in [0.15, 0.2) is 0 Å². The largest absolute Gasteiger partial charge is 0.349 e. The first-order valence-corrected chi connectivity index (χ1v) is 6.23. The van der Waals surface area contributed by atoms with Crippen LogP contribution in [0, 0.1) is 5.92 Å². The number of carbonyl (C=O) groups is 1. The third-order valence-corrected chi connectivity index (χ3v) is 3.65. The minimum atomic E-state index is -0.136. The Morgan fingerprint density at radius 1 is 1.41 bits per heavy atom. The van der Waals surface area contributed by atoms with E-state index in [-0.39, 0.29) is 23.9 Å². The highest BCUT2D eigenvalue weighted by Crippen LogP contribution is 2.30. The molecule has 0 saturated carbocycles. The number of hydrogen-bond acceptors (Lipinski definition) is 2. The Bertz CT molecular complexity index is 414. The Kier molecular flexibility index (Phi) is 3.48. The summed E-state index contributed by atoms with van der Waals surface area (Å²) in [6.07, 6.45) is 2.05. The molecule has 0 bridgehead atoms. The van der Waals surface area contributed by atoms with Crippen LogP contribution in [0.3, 0.4) is 0 Å². The van der Waals surface area contributed by atoms with Crippen LogP contribution in [-0.4, -0.2) is 11.9 Å². The highest BCUT2D eigenvalue weighted by atomic mass is 16.1. The predicted molar refractivity (Wildman–Crippen MR) is 68.5 cm³/mol. The fourth-order valence-electron chi connectivity index (χ4n) is 2.25. The molecule has 1 aliphatic rings. The lowest BCUT2D eigenvalue weighted by Crippen LogP contribution is -2.39. The third-order valence-electron chi connectivity index (χ3n) is 3.65. The summed E-state index contributed by atoms with van der Waals surface area (Å²) < 4.78 is 0. The van der Waals surface area contributed by atoms with Crippen LogP contribution in [0.5, 0.6) is 0 Å². The molecule has 17 heavy (non-hydrogen) atoms. The fraction of sp³-hybridized carbons (Fsp3) is 0.500. The average Bonchev–Trinajstić information content (AvgIpc) is 2.71. The molecule has 1 aliphatic carbocycles. The van der Waals surface area contributed by atoms with Gasteiger partial charge in [-0.2, -0.15) is 0 Å².